The zero-order valence-corrected chi connectivity index (χ0v) is 38.0. The smallest absolute Gasteiger partial charge is 0.195 e. The van der Waals surface area contributed by atoms with Gasteiger partial charge in [-0.3, -0.25) is 0 Å². The fourth-order valence-corrected chi connectivity index (χ4v) is 20.5. The van der Waals surface area contributed by atoms with Gasteiger partial charge in [-0.1, -0.05) is 139 Å². The molecule has 0 heterocycles. The molecule has 0 bridgehead atoms. The van der Waals surface area contributed by atoms with E-state index in [4.69, 9.17) is 4.17 Å². The maximum absolute atomic E-state index is 13.3. The van der Waals surface area contributed by atoms with Gasteiger partial charge in [-0.2, -0.15) is 78.7 Å². The zero-order valence-electron chi connectivity index (χ0n) is 36.2. The number of rotatable bonds is 16. The molecule has 344 valence electrons. The number of alkyl halides is 12. The average Bonchev–Trinajstić information content (AvgIpc) is 3.18. The number of nitrogens with zero attached hydrogens (tertiary/aromatic N) is 1. The van der Waals surface area contributed by atoms with Gasteiger partial charge < -0.3 is 0 Å². The topological polar surface area (TPSA) is 14.1 Å². The monoisotopic (exact) mass is 925 g/mol. The Morgan fingerprint density at radius 2 is 0.484 bits per heavy atom. The molecular formula is C46H58BF12NP2. The number of halogens is 12. The summed E-state index contributed by atoms with van der Waals surface area (Å²) in [7, 11) is -2.06. The van der Waals surface area contributed by atoms with Crippen LogP contribution in [0.25, 0.3) is 0 Å². The Hall–Kier alpha value is -3.33. The summed E-state index contributed by atoms with van der Waals surface area (Å²) in [6.45, 7) is 14.2. The summed E-state index contributed by atoms with van der Waals surface area (Å²) in [6, 6.07) is 13.6. The van der Waals surface area contributed by atoms with Crippen molar-refractivity contribution >= 4 is 42.1 Å². The van der Waals surface area contributed by atoms with Crippen LogP contribution in [0.1, 0.15) is 102 Å². The van der Waals surface area contributed by atoms with Crippen LogP contribution in [0.4, 0.5) is 52.7 Å². The second-order valence-electron chi connectivity index (χ2n) is 16.0. The van der Waals surface area contributed by atoms with Crippen LogP contribution < -0.4 is 26.0 Å². The second-order valence-corrected chi connectivity index (χ2v) is 23.7. The molecule has 1 nitrogen and oxygen atoms in total. The molecule has 4 aromatic rings. The maximum atomic E-state index is 13.3. The van der Waals surface area contributed by atoms with Crippen molar-refractivity contribution < 1.29 is 52.7 Å². The van der Waals surface area contributed by atoms with E-state index in [9.17, 15) is 52.7 Å². The quantitative estimate of drug-likeness (QED) is 0.0460. The molecule has 0 spiro atoms. The highest BCUT2D eigenvalue weighted by atomic mass is 31.2. The molecular weight excluding hydrogens is 867 g/mol. The Balaban J connectivity index is 0.000000413. The third-order valence-electron chi connectivity index (χ3n) is 11.2. The molecule has 0 saturated carbocycles. The van der Waals surface area contributed by atoms with Gasteiger partial charge in [-0.05, 0) is 38.5 Å². The molecule has 16 heteroatoms. The van der Waals surface area contributed by atoms with Gasteiger partial charge >= 0.3 is 24.7 Å². The van der Waals surface area contributed by atoms with Crippen molar-refractivity contribution in [2.24, 2.45) is 0 Å². The lowest BCUT2D eigenvalue weighted by atomic mass is 9.13. The van der Waals surface area contributed by atoms with Crippen molar-refractivity contribution in [2.75, 3.05) is 37.0 Å². The van der Waals surface area contributed by atoms with Gasteiger partial charge in [0, 0.05) is 37.0 Å². The lowest BCUT2D eigenvalue weighted by molar-refractivity contribution is -0.138. The minimum Gasteiger partial charge on any atom is -0.195 e. The lowest BCUT2D eigenvalue weighted by Crippen LogP contribution is -2.74. The average molecular weight is 926 g/mol. The van der Waals surface area contributed by atoms with Gasteiger partial charge in [-0.15, -0.1) is 0 Å². The molecule has 4 aromatic carbocycles. The summed E-state index contributed by atoms with van der Waals surface area (Å²) < 4.78 is 166. The fourth-order valence-electron chi connectivity index (χ4n) is 8.84. The zero-order chi connectivity index (χ0) is 46.6. The molecule has 0 radical (unpaired) electrons. The van der Waals surface area contributed by atoms with Crippen molar-refractivity contribution in [1.29, 1.82) is 0 Å². The molecule has 0 fully saturated rings. The number of hydrogen-bond donors (Lipinski definition) is 0. The van der Waals surface area contributed by atoms with E-state index in [1.165, 1.54) is 75.5 Å². The molecule has 4 rings (SSSR count). The van der Waals surface area contributed by atoms with Crippen LogP contribution in [0, 0.1) is 0 Å². The van der Waals surface area contributed by atoms with E-state index >= 15 is 0 Å². The van der Waals surface area contributed by atoms with E-state index < -0.39 is 67.2 Å². The van der Waals surface area contributed by atoms with E-state index in [2.05, 4.69) is 41.5 Å². The fraction of sp³-hybridized carbons (Fsp3) is 0.478. The number of hydrogen-bond acceptors (Lipinski definition) is 0. The van der Waals surface area contributed by atoms with Crippen LogP contribution in [-0.4, -0.2) is 43.1 Å². The Morgan fingerprint density at radius 1 is 0.323 bits per heavy atom. The molecule has 0 aliphatic heterocycles. The minimum absolute atomic E-state index is 0.0114. The molecule has 0 N–H and O–H groups in total. The van der Waals surface area contributed by atoms with Crippen LogP contribution >= 0.6 is 14.1 Å². The normalized spacial score (nSPS) is 13.1. The van der Waals surface area contributed by atoms with E-state index in [-0.39, 0.29) is 21.9 Å². The predicted octanol–water partition coefficient (Wildman–Crippen LogP) is 14.1. The van der Waals surface area contributed by atoms with Gasteiger partial charge in [-0.25, -0.2) is 0 Å². The van der Waals surface area contributed by atoms with Gasteiger partial charge in [0.2, 0.25) is 14.1 Å². The highest BCUT2D eigenvalue weighted by molar-refractivity contribution is 7.73. The van der Waals surface area contributed by atoms with Crippen molar-refractivity contribution in [2.45, 2.75) is 105 Å². The third-order valence-corrected chi connectivity index (χ3v) is 21.9. The summed E-state index contributed by atoms with van der Waals surface area (Å²) in [5.74, 6) is 0. The summed E-state index contributed by atoms with van der Waals surface area (Å²) in [4.78, 5) is 0. The summed E-state index contributed by atoms with van der Waals surface area (Å²) in [5.41, 5.74) is -4.29. The molecule has 0 atom stereocenters. The van der Waals surface area contributed by atoms with Crippen molar-refractivity contribution in [1.82, 2.24) is 4.17 Å². The minimum atomic E-state index is -4.77. The Labute approximate surface area is 359 Å². The van der Waals surface area contributed by atoms with Crippen molar-refractivity contribution in [3.63, 3.8) is 0 Å². The summed E-state index contributed by atoms with van der Waals surface area (Å²) in [5, 5.41) is 0. The molecule has 0 aliphatic rings. The first-order valence-electron chi connectivity index (χ1n) is 21.2. The maximum Gasteiger partial charge on any atom is 0.416 e. The van der Waals surface area contributed by atoms with Crippen molar-refractivity contribution in [3.8, 4) is 0 Å². The first-order valence-corrected chi connectivity index (χ1v) is 25.8. The van der Waals surface area contributed by atoms with E-state index in [1.807, 2.05) is 0 Å². The standard InChI is InChI=1S/C28H16BF12.C18H42NP2/c30-25(31,32)17-1-9-21(10-2-17)29(22-11-3-18(4-12-22)26(33,34)35,23-13-5-19(6-14-23)27(36,37)38)24-15-7-20(8-16-24)28(39,40)41;1-7-13-20(14-8-2,15-9-3)19-21(16-10-4,17-11-5)18-12-6/h1-16H;7-18H2,1-6H3/q-1;+1. The first kappa shape index (κ1) is 53.0. The molecule has 0 aromatic heterocycles. The Bertz CT molecular complexity index is 1780. The predicted molar refractivity (Wildman–Crippen MR) is 237 cm³/mol. The van der Waals surface area contributed by atoms with E-state index in [1.54, 1.807) is 0 Å². The molecule has 0 saturated heterocycles. The van der Waals surface area contributed by atoms with Crippen LogP contribution in [0.5, 0.6) is 0 Å². The van der Waals surface area contributed by atoms with Crippen LogP contribution in [-0.2, 0) is 24.7 Å². The highest BCUT2D eigenvalue weighted by Gasteiger charge is 2.39. The Morgan fingerprint density at radius 3 is 0.613 bits per heavy atom. The van der Waals surface area contributed by atoms with Gasteiger partial charge in [0.05, 0.1) is 22.3 Å². The highest BCUT2D eigenvalue weighted by Crippen LogP contribution is 2.55. The molecule has 62 heavy (non-hydrogen) atoms. The summed E-state index contributed by atoms with van der Waals surface area (Å²) in [6.07, 6.45) is -5.44. The van der Waals surface area contributed by atoms with Crippen LogP contribution in [0.2, 0.25) is 0 Å². The molecule has 0 unspecified atom stereocenters. The number of benzene rings is 4. The third kappa shape index (κ3) is 13.4. The Kier molecular flexibility index (Phi) is 18.8. The SMILES string of the molecule is CCCP(CCC)(CCC)=[N+]=P(CCC)(CCC)CCC.FC(F)(F)c1ccc([B-](c2ccc(C(F)(F)F)cc2)(c2ccc(C(F)(F)F)cc2)c2ccc(C(F)(F)F)cc2)cc1. The second kappa shape index (κ2) is 22.0. The first-order chi connectivity index (χ1) is 28.9. The largest absolute Gasteiger partial charge is 0.416 e. The molecule has 0 aliphatic carbocycles. The van der Waals surface area contributed by atoms with Gasteiger partial charge in [0.1, 0.15) is 6.15 Å². The van der Waals surface area contributed by atoms with Crippen LogP contribution in [0.3, 0.4) is 0 Å². The van der Waals surface area contributed by atoms with Gasteiger partial charge in [0.15, 0.2) is 0 Å². The molecule has 0 amide bonds. The van der Waals surface area contributed by atoms with Gasteiger partial charge in [0.25, 0.3) is 0 Å². The van der Waals surface area contributed by atoms with E-state index in [0.29, 0.717) is 48.5 Å². The van der Waals surface area contributed by atoms with E-state index in [0.717, 1.165) is 48.5 Å². The van der Waals surface area contributed by atoms with Crippen molar-refractivity contribution in [3.05, 3.63) is 119 Å². The summed E-state index contributed by atoms with van der Waals surface area (Å²) >= 11 is 0. The van der Waals surface area contributed by atoms with Crippen LogP contribution in [0.15, 0.2) is 97.1 Å². The lowest BCUT2D eigenvalue weighted by Gasteiger charge is -2.44.